The number of ketones is 1. The third kappa shape index (κ3) is 1.78. The van der Waals surface area contributed by atoms with Crippen molar-refractivity contribution in [2.75, 3.05) is 0 Å². The van der Waals surface area contributed by atoms with Crippen molar-refractivity contribution in [2.45, 2.75) is 71.0 Å². The molecule has 0 aromatic heterocycles. The zero-order valence-electron chi connectivity index (χ0n) is 13.7. The maximum Gasteiger partial charge on any atom is 0.155 e. The maximum atomic E-state index is 11.8. The largest absolute Gasteiger partial charge is 0.390 e. The van der Waals surface area contributed by atoms with E-state index in [-0.39, 0.29) is 10.8 Å². The molecule has 3 saturated carbocycles. The van der Waals surface area contributed by atoms with Crippen molar-refractivity contribution in [1.29, 1.82) is 0 Å². The Kier molecular flexibility index (Phi) is 3.16. The Morgan fingerprint density at radius 2 is 1.86 bits per heavy atom. The summed E-state index contributed by atoms with van der Waals surface area (Å²) in [5.41, 5.74) is 1.45. The van der Waals surface area contributed by atoms with Crippen LogP contribution in [0.1, 0.15) is 58.8 Å². The molecule has 0 aliphatic heterocycles. The van der Waals surface area contributed by atoms with Gasteiger partial charge in [0.2, 0.25) is 0 Å². The molecule has 3 heteroatoms. The van der Waals surface area contributed by atoms with Gasteiger partial charge in [0.1, 0.15) is 0 Å². The van der Waals surface area contributed by atoms with Crippen molar-refractivity contribution in [3.63, 3.8) is 0 Å². The van der Waals surface area contributed by atoms with Gasteiger partial charge in [0.05, 0.1) is 12.2 Å². The standard InChI is InChI=1S/C19H28O3/c1-18-7-5-12(20)9-11(18)3-4-13-14(18)6-8-19(2)15(13)10-16(21)17(19)22/h9,13-17,21-22H,3-8,10H2,1-2H3/t13?,14-,15-,16-,17-,18?,19?/m0/s1. The molecule has 122 valence electrons. The molecule has 0 heterocycles. The van der Waals surface area contributed by atoms with E-state index in [9.17, 15) is 15.0 Å². The fraction of sp³-hybridized carbons (Fsp3) is 0.842. The Labute approximate surface area is 132 Å². The minimum Gasteiger partial charge on any atom is -0.390 e. The van der Waals surface area contributed by atoms with Gasteiger partial charge in [-0.05, 0) is 73.2 Å². The number of hydrogen-bond donors (Lipinski definition) is 2. The molecule has 0 radical (unpaired) electrons. The van der Waals surface area contributed by atoms with Crippen molar-refractivity contribution in [2.24, 2.45) is 28.6 Å². The second kappa shape index (κ2) is 4.67. The van der Waals surface area contributed by atoms with Crippen LogP contribution in [0.3, 0.4) is 0 Å². The second-order valence-electron chi connectivity index (χ2n) is 8.76. The fourth-order valence-electron chi connectivity index (χ4n) is 6.55. The molecule has 4 aliphatic carbocycles. The molecule has 22 heavy (non-hydrogen) atoms. The predicted molar refractivity (Wildman–Crippen MR) is 84.1 cm³/mol. The van der Waals surface area contributed by atoms with Crippen LogP contribution in [0.4, 0.5) is 0 Å². The number of hydrogen-bond acceptors (Lipinski definition) is 3. The molecular weight excluding hydrogens is 276 g/mol. The minimum atomic E-state index is -0.559. The van der Waals surface area contributed by atoms with E-state index in [1.807, 2.05) is 6.08 Å². The van der Waals surface area contributed by atoms with E-state index in [1.165, 1.54) is 5.57 Å². The molecule has 7 atom stereocenters. The Morgan fingerprint density at radius 1 is 1.09 bits per heavy atom. The van der Waals surface area contributed by atoms with Crippen LogP contribution < -0.4 is 0 Å². The van der Waals surface area contributed by atoms with Crippen LogP contribution in [-0.2, 0) is 4.79 Å². The average Bonchev–Trinajstić information content (AvgIpc) is 2.72. The Hall–Kier alpha value is -0.670. The van der Waals surface area contributed by atoms with Crippen LogP contribution >= 0.6 is 0 Å². The molecule has 4 rings (SSSR count). The summed E-state index contributed by atoms with van der Waals surface area (Å²) >= 11 is 0. The van der Waals surface area contributed by atoms with E-state index < -0.39 is 12.2 Å². The first-order valence-corrected chi connectivity index (χ1v) is 8.96. The molecule has 0 amide bonds. The second-order valence-corrected chi connectivity index (χ2v) is 8.76. The van der Waals surface area contributed by atoms with Gasteiger partial charge in [-0.15, -0.1) is 0 Å². The van der Waals surface area contributed by atoms with Gasteiger partial charge in [-0.1, -0.05) is 19.4 Å². The summed E-state index contributed by atoms with van der Waals surface area (Å²) in [6.45, 7) is 4.55. The summed E-state index contributed by atoms with van der Waals surface area (Å²) in [6.07, 6.45) is 7.56. The summed E-state index contributed by atoms with van der Waals surface area (Å²) in [7, 11) is 0. The van der Waals surface area contributed by atoms with E-state index in [0.29, 0.717) is 30.0 Å². The molecule has 4 aliphatic rings. The van der Waals surface area contributed by atoms with Crippen molar-refractivity contribution in [1.82, 2.24) is 0 Å². The zero-order chi connectivity index (χ0) is 15.7. The average molecular weight is 304 g/mol. The van der Waals surface area contributed by atoms with Crippen molar-refractivity contribution in [3.05, 3.63) is 11.6 Å². The van der Waals surface area contributed by atoms with Gasteiger partial charge in [-0.2, -0.15) is 0 Å². The first-order valence-electron chi connectivity index (χ1n) is 8.96. The van der Waals surface area contributed by atoms with Gasteiger partial charge in [-0.25, -0.2) is 0 Å². The first kappa shape index (κ1) is 14.9. The molecule has 0 aromatic rings. The van der Waals surface area contributed by atoms with Crippen LogP contribution in [0.5, 0.6) is 0 Å². The van der Waals surface area contributed by atoms with Crippen LogP contribution in [0.25, 0.3) is 0 Å². The number of fused-ring (bicyclic) bond motifs is 5. The first-order chi connectivity index (χ1) is 10.4. The number of aliphatic hydroxyl groups excluding tert-OH is 2. The number of aliphatic hydroxyl groups is 2. The maximum absolute atomic E-state index is 11.8. The molecular formula is C19H28O3. The minimum absolute atomic E-state index is 0.108. The molecule has 0 saturated heterocycles. The van der Waals surface area contributed by atoms with Crippen molar-refractivity contribution < 1.29 is 15.0 Å². The number of rotatable bonds is 0. The van der Waals surface area contributed by atoms with E-state index in [1.54, 1.807) is 0 Å². The van der Waals surface area contributed by atoms with Gasteiger partial charge in [-0.3, -0.25) is 4.79 Å². The molecule has 3 nitrogen and oxygen atoms in total. The highest BCUT2D eigenvalue weighted by Crippen LogP contribution is 2.65. The molecule has 0 bridgehead atoms. The Balaban J connectivity index is 1.69. The summed E-state index contributed by atoms with van der Waals surface area (Å²) < 4.78 is 0. The van der Waals surface area contributed by atoms with Gasteiger partial charge in [0.25, 0.3) is 0 Å². The smallest absolute Gasteiger partial charge is 0.155 e. The lowest BCUT2D eigenvalue weighted by Gasteiger charge is -2.57. The topological polar surface area (TPSA) is 57.5 Å². The monoisotopic (exact) mass is 304 g/mol. The fourth-order valence-corrected chi connectivity index (χ4v) is 6.55. The Morgan fingerprint density at radius 3 is 2.64 bits per heavy atom. The van der Waals surface area contributed by atoms with Crippen LogP contribution in [0, 0.1) is 28.6 Å². The SMILES string of the molecule is CC12CCC(=O)C=C1CCC1[C@@H]2CCC2(C)[C@H]1C[C@H](O)[C@@H]2O. The quantitative estimate of drug-likeness (QED) is 0.723. The predicted octanol–water partition coefficient (Wildman–Crippen LogP) is 2.85. The highest BCUT2D eigenvalue weighted by atomic mass is 16.3. The third-order valence-electron chi connectivity index (χ3n) is 7.94. The van der Waals surface area contributed by atoms with Gasteiger partial charge in [0, 0.05) is 6.42 Å². The zero-order valence-corrected chi connectivity index (χ0v) is 13.7. The van der Waals surface area contributed by atoms with Crippen LogP contribution in [0.2, 0.25) is 0 Å². The third-order valence-corrected chi connectivity index (χ3v) is 7.94. The number of carbonyl (C=O) groups is 1. The summed E-state index contributed by atoms with van der Waals surface area (Å²) in [4.78, 5) is 11.8. The van der Waals surface area contributed by atoms with Gasteiger partial charge >= 0.3 is 0 Å². The summed E-state index contributed by atoms with van der Waals surface area (Å²) in [6, 6.07) is 0. The highest BCUT2D eigenvalue weighted by molar-refractivity contribution is 5.91. The van der Waals surface area contributed by atoms with Crippen molar-refractivity contribution >= 4 is 5.78 Å². The molecule has 3 unspecified atom stereocenters. The lowest BCUT2D eigenvalue weighted by molar-refractivity contribution is -0.118. The molecule has 2 N–H and O–H groups in total. The highest BCUT2D eigenvalue weighted by Gasteiger charge is 2.60. The normalized spacial score (nSPS) is 54.3. The van der Waals surface area contributed by atoms with E-state index >= 15 is 0 Å². The van der Waals surface area contributed by atoms with Crippen molar-refractivity contribution in [3.8, 4) is 0 Å². The summed E-state index contributed by atoms with van der Waals surface area (Å²) in [5.74, 6) is 1.96. The Bertz CT molecular complexity index is 539. The number of carbonyl (C=O) groups excluding carboxylic acids is 1. The molecule has 0 aromatic carbocycles. The van der Waals surface area contributed by atoms with Gasteiger partial charge < -0.3 is 10.2 Å². The van der Waals surface area contributed by atoms with Crippen LogP contribution in [0.15, 0.2) is 11.6 Å². The summed E-state index contributed by atoms with van der Waals surface area (Å²) in [5, 5.41) is 20.7. The van der Waals surface area contributed by atoms with Gasteiger partial charge in [0.15, 0.2) is 5.78 Å². The lowest BCUT2D eigenvalue weighted by atomic mass is 9.47. The van der Waals surface area contributed by atoms with E-state index in [4.69, 9.17) is 0 Å². The lowest BCUT2D eigenvalue weighted by Crippen LogP contribution is -2.51. The molecule has 3 fully saturated rings. The van der Waals surface area contributed by atoms with E-state index in [2.05, 4.69) is 13.8 Å². The van der Waals surface area contributed by atoms with Crippen LogP contribution in [-0.4, -0.2) is 28.2 Å². The van der Waals surface area contributed by atoms with E-state index in [0.717, 1.165) is 38.5 Å². The molecule has 0 spiro atoms. The number of allylic oxidation sites excluding steroid dienone is 1.